The number of hydrogen-bond donors (Lipinski definition) is 2. The summed E-state index contributed by atoms with van der Waals surface area (Å²) in [6.45, 7) is 5.81. The minimum absolute atomic E-state index is 0.000239. The van der Waals surface area contributed by atoms with Gasteiger partial charge in [0.1, 0.15) is 0 Å². The first-order valence-electron chi connectivity index (χ1n) is 5.94. The van der Waals surface area contributed by atoms with E-state index in [2.05, 4.69) is 11.9 Å². The molecule has 1 rings (SSSR count). The van der Waals surface area contributed by atoms with Gasteiger partial charge in [-0.25, -0.2) is 4.79 Å². The maximum absolute atomic E-state index is 11.9. The molecule has 2 amide bonds. The number of carbonyl (C=O) groups excluding carboxylic acids is 1. The molecule has 1 aliphatic carbocycles. The Morgan fingerprint density at radius 3 is 2.71 bits per heavy atom. The molecule has 17 heavy (non-hydrogen) atoms. The van der Waals surface area contributed by atoms with Crippen LogP contribution in [0, 0.1) is 0 Å². The van der Waals surface area contributed by atoms with E-state index in [4.69, 9.17) is 5.11 Å². The number of carbonyl (C=O) groups is 2. The first-order chi connectivity index (χ1) is 8.04. The molecule has 0 heterocycles. The van der Waals surface area contributed by atoms with Crippen molar-refractivity contribution in [2.45, 2.75) is 44.7 Å². The van der Waals surface area contributed by atoms with Crippen molar-refractivity contribution < 1.29 is 14.7 Å². The highest BCUT2D eigenvalue weighted by Crippen LogP contribution is 2.27. The fourth-order valence-corrected chi connectivity index (χ4v) is 1.65. The van der Waals surface area contributed by atoms with Gasteiger partial charge in [0.25, 0.3) is 0 Å². The summed E-state index contributed by atoms with van der Waals surface area (Å²) in [6.07, 6.45) is 4.42. The maximum Gasteiger partial charge on any atom is 0.317 e. The van der Waals surface area contributed by atoms with E-state index in [1.807, 2.05) is 6.92 Å². The fourth-order valence-electron chi connectivity index (χ4n) is 1.65. The van der Waals surface area contributed by atoms with Gasteiger partial charge < -0.3 is 15.3 Å². The smallest absolute Gasteiger partial charge is 0.317 e. The molecule has 0 aromatic carbocycles. The Morgan fingerprint density at radius 2 is 2.24 bits per heavy atom. The Kier molecular flexibility index (Phi) is 5.00. The molecular formula is C12H20N2O3. The minimum Gasteiger partial charge on any atom is -0.481 e. The molecule has 0 radical (unpaired) electrons. The van der Waals surface area contributed by atoms with Crippen molar-refractivity contribution in [3.63, 3.8) is 0 Å². The molecule has 0 aromatic heterocycles. The van der Waals surface area contributed by atoms with Crippen LogP contribution in [0.3, 0.4) is 0 Å². The van der Waals surface area contributed by atoms with Gasteiger partial charge >= 0.3 is 12.0 Å². The van der Waals surface area contributed by atoms with E-state index in [1.165, 1.54) is 0 Å². The minimum atomic E-state index is -0.873. The number of aliphatic carboxylic acids is 1. The van der Waals surface area contributed by atoms with Crippen LogP contribution < -0.4 is 5.32 Å². The summed E-state index contributed by atoms with van der Waals surface area (Å²) >= 11 is 0. The predicted octanol–water partition coefficient (Wildman–Crippen LogP) is 1.60. The topological polar surface area (TPSA) is 69.6 Å². The number of urea groups is 1. The summed E-state index contributed by atoms with van der Waals surface area (Å²) in [4.78, 5) is 24.1. The molecule has 1 atom stereocenters. The number of nitrogens with zero attached hydrogens (tertiary/aromatic N) is 1. The van der Waals surface area contributed by atoms with Crippen molar-refractivity contribution >= 4 is 12.0 Å². The Morgan fingerprint density at radius 1 is 1.59 bits per heavy atom. The van der Waals surface area contributed by atoms with E-state index < -0.39 is 5.97 Å². The number of amides is 2. The van der Waals surface area contributed by atoms with Gasteiger partial charge in [0, 0.05) is 18.6 Å². The van der Waals surface area contributed by atoms with Crippen LogP contribution in [0.1, 0.15) is 32.6 Å². The quantitative estimate of drug-likeness (QED) is 0.664. The SMILES string of the molecule is C=CCC(C)NC(=O)N(CCC(=O)O)C1CC1. The van der Waals surface area contributed by atoms with Crippen LogP contribution in [0.2, 0.25) is 0 Å². The normalized spacial score (nSPS) is 16.1. The Bertz CT molecular complexity index is 300. The summed E-state index contributed by atoms with van der Waals surface area (Å²) in [5.74, 6) is -0.873. The highest BCUT2D eigenvalue weighted by atomic mass is 16.4. The van der Waals surface area contributed by atoms with E-state index >= 15 is 0 Å². The molecule has 5 nitrogen and oxygen atoms in total. The maximum atomic E-state index is 11.9. The molecular weight excluding hydrogens is 220 g/mol. The summed E-state index contributed by atoms with van der Waals surface area (Å²) in [5, 5.41) is 11.5. The number of carboxylic acid groups (broad SMARTS) is 1. The number of rotatable bonds is 7. The highest BCUT2D eigenvalue weighted by molar-refractivity contribution is 5.76. The van der Waals surface area contributed by atoms with Gasteiger partial charge in [0.2, 0.25) is 0 Å². The van der Waals surface area contributed by atoms with Crippen molar-refractivity contribution in [3.05, 3.63) is 12.7 Å². The van der Waals surface area contributed by atoms with Crippen LogP contribution in [-0.2, 0) is 4.79 Å². The summed E-state index contributed by atoms with van der Waals surface area (Å²) in [7, 11) is 0. The second-order valence-electron chi connectivity index (χ2n) is 4.44. The van der Waals surface area contributed by atoms with Crippen molar-refractivity contribution in [2.24, 2.45) is 0 Å². The average Bonchev–Trinajstić information content (AvgIpc) is 3.01. The average molecular weight is 240 g/mol. The first kappa shape index (κ1) is 13.5. The fraction of sp³-hybridized carbons (Fsp3) is 0.667. The Balaban J connectivity index is 2.43. The zero-order valence-electron chi connectivity index (χ0n) is 10.2. The largest absolute Gasteiger partial charge is 0.481 e. The molecule has 0 spiro atoms. The van der Waals surface area contributed by atoms with Crippen LogP contribution in [0.4, 0.5) is 4.79 Å². The third-order valence-electron chi connectivity index (χ3n) is 2.71. The lowest BCUT2D eigenvalue weighted by Crippen LogP contribution is -2.45. The molecule has 96 valence electrons. The van der Waals surface area contributed by atoms with Gasteiger partial charge in [-0.15, -0.1) is 6.58 Å². The monoisotopic (exact) mass is 240 g/mol. The van der Waals surface area contributed by atoms with Crippen LogP contribution in [0.5, 0.6) is 0 Å². The van der Waals surface area contributed by atoms with Crippen LogP contribution in [0.15, 0.2) is 12.7 Å². The third kappa shape index (κ3) is 4.89. The molecule has 1 unspecified atom stereocenters. The van der Waals surface area contributed by atoms with Crippen LogP contribution >= 0.6 is 0 Å². The van der Waals surface area contributed by atoms with Gasteiger partial charge in [0.15, 0.2) is 0 Å². The van der Waals surface area contributed by atoms with Crippen LogP contribution in [0.25, 0.3) is 0 Å². The first-order valence-corrected chi connectivity index (χ1v) is 5.94. The lowest BCUT2D eigenvalue weighted by Gasteiger charge is -2.24. The van der Waals surface area contributed by atoms with Crippen LogP contribution in [-0.4, -0.2) is 40.6 Å². The van der Waals surface area contributed by atoms with Gasteiger partial charge in [-0.3, -0.25) is 4.79 Å². The van der Waals surface area contributed by atoms with Gasteiger partial charge in [-0.2, -0.15) is 0 Å². The standard InChI is InChI=1S/C12H20N2O3/c1-3-4-9(2)13-12(17)14(10-5-6-10)8-7-11(15)16/h3,9-10H,1,4-8H2,2H3,(H,13,17)(H,15,16). The Hall–Kier alpha value is -1.52. The van der Waals surface area contributed by atoms with Crippen molar-refractivity contribution in [2.75, 3.05) is 6.54 Å². The number of carboxylic acids is 1. The number of nitrogens with one attached hydrogen (secondary N) is 1. The van der Waals surface area contributed by atoms with Crippen molar-refractivity contribution in [1.82, 2.24) is 10.2 Å². The predicted molar refractivity (Wildman–Crippen MR) is 64.8 cm³/mol. The molecule has 0 bridgehead atoms. The summed E-state index contributed by atoms with van der Waals surface area (Å²) in [5.41, 5.74) is 0. The van der Waals surface area contributed by atoms with E-state index in [9.17, 15) is 9.59 Å². The second-order valence-corrected chi connectivity index (χ2v) is 4.44. The molecule has 0 aliphatic heterocycles. The van der Waals surface area contributed by atoms with Gasteiger partial charge in [-0.05, 0) is 26.2 Å². The third-order valence-corrected chi connectivity index (χ3v) is 2.71. The van der Waals surface area contributed by atoms with Gasteiger partial charge in [0.05, 0.1) is 6.42 Å². The molecule has 5 heteroatoms. The molecule has 2 N–H and O–H groups in total. The zero-order valence-corrected chi connectivity index (χ0v) is 10.2. The summed E-state index contributed by atoms with van der Waals surface area (Å²) < 4.78 is 0. The molecule has 1 aliphatic rings. The van der Waals surface area contributed by atoms with E-state index in [0.29, 0.717) is 6.42 Å². The lowest BCUT2D eigenvalue weighted by atomic mass is 10.2. The second kappa shape index (κ2) is 6.27. The Labute approximate surface area is 101 Å². The molecule has 1 saturated carbocycles. The summed E-state index contributed by atoms with van der Waals surface area (Å²) in [6, 6.07) is 0.0967. The molecule has 0 aromatic rings. The number of hydrogen-bond acceptors (Lipinski definition) is 2. The van der Waals surface area contributed by atoms with E-state index in [-0.39, 0.29) is 31.1 Å². The van der Waals surface area contributed by atoms with E-state index in [0.717, 1.165) is 12.8 Å². The zero-order chi connectivity index (χ0) is 12.8. The molecule has 1 fully saturated rings. The van der Waals surface area contributed by atoms with Crippen molar-refractivity contribution in [3.8, 4) is 0 Å². The van der Waals surface area contributed by atoms with Crippen molar-refractivity contribution in [1.29, 1.82) is 0 Å². The highest BCUT2D eigenvalue weighted by Gasteiger charge is 2.32. The molecule has 0 saturated heterocycles. The van der Waals surface area contributed by atoms with E-state index in [1.54, 1.807) is 11.0 Å². The lowest BCUT2D eigenvalue weighted by molar-refractivity contribution is -0.137. The van der Waals surface area contributed by atoms with Gasteiger partial charge in [-0.1, -0.05) is 6.08 Å².